The van der Waals surface area contributed by atoms with E-state index in [9.17, 15) is 13.2 Å². The number of hydrogen-bond donors (Lipinski definition) is 1. The Morgan fingerprint density at radius 2 is 1.93 bits per heavy atom. The summed E-state index contributed by atoms with van der Waals surface area (Å²) in [7, 11) is 1.28. The summed E-state index contributed by atoms with van der Waals surface area (Å²) in [6.07, 6.45) is -4.32. The molecular formula is C10H11ClF3N. The third kappa shape index (κ3) is 2.63. The zero-order valence-electron chi connectivity index (χ0n) is 8.32. The van der Waals surface area contributed by atoms with Crippen LogP contribution in [-0.2, 0) is 0 Å². The van der Waals surface area contributed by atoms with E-state index in [4.69, 9.17) is 11.6 Å². The molecule has 1 rings (SSSR count). The topological polar surface area (TPSA) is 12.0 Å². The molecule has 0 aliphatic carbocycles. The summed E-state index contributed by atoms with van der Waals surface area (Å²) in [5.74, 6) is 0. The van der Waals surface area contributed by atoms with Crippen LogP contribution in [0.5, 0.6) is 0 Å². The molecule has 0 bridgehead atoms. The maximum Gasteiger partial charge on any atom is 0.407 e. The van der Waals surface area contributed by atoms with Crippen molar-refractivity contribution >= 4 is 11.6 Å². The van der Waals surface area contributed by atoms with Crippen LogP contribution in [0.4, 0.5) is 13.2 Å². The molecule has 0 aliphatic rings. The number of rotatable bonds is 2. The van der Waals surface area contributed by atoms with Gasteiger partial charge in [0.1, 0.15) is 6.04 Å². The van der Waals surface area contributed by atoms with Gasteiger partial charge < -0.3 is 5.32 Å². The Morgan fingerprint density at radius 3 is 2.40 bits per heavy atom. The standard InChI is InChI=1S/C10H11ClF3N/c1-6-7(4-3-5-8(6)11)9(15-2)10(12,13)14/h3-5,9,15H,1-2H3. The number of nitrogens with one attached hydrogen (secondary N) is 1. The second-order valence-electron chi connectivity index (χ2n) is 3.22. The number of benzene rings is 1. The average Bonchev–Trinajstić information content (AvgIpc) is 2.11. The Labute approximate surface area is 91.2 Å². The van der Waals surface area contributed by atoms with Crippen LogP contribution in [0.25, 0.3) is 0 Å². The van der Waals surface area contributed by atoms with E-state index < -0.39 is 12.2 Å². The molecule has 1 atom stereocenters. The van der Waals surface area contributed by atoms with Gasteiger partial charge in [0.05, 0.1) is 0 Å². The zero-order valence-corrected chi connectivity index (χ0v) is 9.08. The summed E-state index contributed by atoms with van der Waals surface area (Å²) < 4.78 is 37.8. The lowest BCUT2D eigenvalue weighted by atomic mass is 10.0. The van der Waals surface area contributed by atoms with Crippen molar-refractivity contribution in [2.45, 2.75) is 19.1 Å². The minimum atomic E-state index is -4.32. The first kappa shape index (κ1) is 12.3. The van der Waals surface area contributed by atoms with Crippen LogP contribution in [0.3, 0.4) is 0 Å². The lowest BCUT2D eigenvalue weighted by molar-refractivity contribution is -0.156. The zero-order chi connectivity index (χ0) is 11.6. The second kappa shape index (κ2) is 4.41. The van der Waals surface area contributed by atoms with E-state index in [1.54, 1.807) is 13.0 Å². The van der Waals surface area contributed by atoms with E-state index in [0.717, 1.165) is 0 Å². The summed E-state index contributed by atoms with van der Waals surface area (Å²) in [6.45, 7) is 1.58. The first-order valence-corrected chi connectivity index (χ1v) is 4.74. The first-order valence-electron chi connectivity index (χ1n) is 4.37. The number of halogens is 4. The van der Waals surface area contributed by atoms with Gasteiger partial charge in [-0.25, -0.2) is 0 Å². The van der Waals surface area contributed by atoms with Crippen LogP contribution < -0.4 is 5.32 Å². The predicted octanol–water partition coefficient (Wildman–Crippen LogP) is 3.47. The lowest BCUT2D eigenvalue weighted by Crippen LogP contribution is -2.32. The predicted molar refractivity (Wildman–Crippen MR) is 54.0 cm³/mol. The van der Waals surface area contributed by atoms with E-state index in [1.807, 2.05) is 0 Å². The highest BCUT2D eigenvalue weighted by molar-refractivity contribution is 6.31. The molecular weight excluding hydrogens is 227 g/mol. The van der Waals surface area contributed by atoms with Crippen LogP contribution in [0, 0.1) is 6.92 Å². The fourth-order valence-corrected chi connectivity index (χ4v) is 1.61. The van der Waals surface area contributed by atoms with Gasteiger partial charge in [0.25, 0.3) is 0 Å². The SMILES string of the molecule is CNC(c1cccc(Cl)c1C)C(F)(F)F. The normalized spacial score (nSPS) is 14.0. The molecule has 0 aliphatic heterocycles. The summed E-state index contributed by atoms with van der Waals surface area (Å²) in [5.41, 5.74) is 0.619. The molecule has 1 nitrogen and oxygen atoms in total. The third-order valence-corrected chi connectivity index (χ3v) is 2.65. The average molecular weight is 238 g/mol. The highest BCUT2D eigenvalue weighted by Gasteiger charge is 2.40. The van der Waals surface area contributed by atoms with E-state index >= 15 is 0 Å². The molecule has 84 valence electrons. The smallest absolute Gasteiger partial charge is 0.306 e. The van der Waals surface area contributed by atoms with Gasteiger partial charge in [0, 0.05) is 5.02 Å². The van der Waals surface area contributed by atoms with Gasteiger partial charge in [-0.1, -0.05) is 23.7 Å². The van der Waals surface area contributed by atoms with E-state index in [0.29, 0.717) is 10.6 Å². The van der Waals surface area contributed by atoms with Crippen molar-refractivity contribution in [3.63, 3.8) is 0 Å². The number of hydrogen-bond acceptors (Lipinski definition) is 1. The van der Waals surface area contributed by atoms with Gasteiger partial charge in [-0.15, -0.1) is 0 Å². The van der Waals surface area contributed by atoms with Crippen molar-refractivity contribution in [3.05, 3.63) is 34.3 Å². The van der Waals surface area contributed by atoms with Crippen molar-refractivity contribution in [2.24, 2.45) is 0 Å². The van der Waals surface area contributed by atoms with Gasteiger partial charge in [-0.3, -0.25) is 0 Å². The van der Waals surface area contributed by atoms with Crippen LogP contribution in [0.15, 0.2) is 18.2 Å². The van der Waals surface area contributed by atoms with E-state index in [1.165, 1.54) is 19.2 Å². The molecule has 0 saturated heterocycles. The van der Waals surface area contributed by atoms with Crippen molar-refractivity contribution in [1.29, 1.82) is 0 Å². The largest absolute Gasteiger partial charge is 0.407 e. The Hall–Kier alpha value is -0.740. The highest BCUT2D eigenvalue weighted by atomic mass is 35.5. The van der Waals surface area contributed by atoms with Gasteiger partial charge in [-0.2, -0.15) is 13.2 Å². The molecule has 1 aromatic rings. The van der Waals surface area contributed by atoms with Crippen LogP contribution in [0.2, 0.25) is 5.02 Å². The Balaban J connectivity index is 3.19. The second-order valence-corrected chi connectivity index (χ2v) is 3.62. The Kier molecular flexibility index (Phi) is 3.62. The fourth-order valence-electron chi connectivity index (χ4n) is 1.43. The Morgan fingerprint density at radius 1 is 1.33 bits per heavy atom. The van der Waals surface area contributed by atoms with E-state index in [2.05, 4.69) is 5.32 Å². The fraction of sp³-hybridized carbons (Fsp3) is 0.400. The minimum Gasteiger partial charge on any atom is -0.306 e. The monoisotopic (exact) mass is 237 g/mol. The Bertz CT molecular complexity index is 349. The van der Waals surface area contributed by atoms with Crippen molar-refractivity contribution in [2.75, 3.05) is 7.05 Å². The quantitative estimate of drug-likeness (QED) is 0.831. The molecule has 1 aromatic carbocycles. The molecule has 0 aromatic heterocycles. The lowest BCUT2D eigenvalue weighted by Gasteiger charge is -2.22. The number of alkyl halides is 3. The molecule has 15 heavy (non-hydrogen) atoms. The van der Waals surface area contributed by atoms with Crippen molar-refractivity contribution < 1.29 is 13.2 Å². The van der Waals surface area contributed by atoms with Gasteiger partial charge >= 0.3 is 6.18 Å². The van der Waals surface area contributed by atoms with Gasteiger partial charge in [0.2, 0.25) is 0 Å². The third-order valence-electron chi connectivity index (χ3n) is 2.24. The maximum absolute atomic E-state index is 12.6. The van der Waals surface area contributed by atoms with Crippen molar-refractivity contribution in [3.8, 4) is 0 Å². The molecule has 0 spiro atoms. The minimum absolute atomic E-state index is 0.164. The molecule has 0 fully saturated rings. The summed E-state index contributed by atoms with van der Waals surface area (Å²) in [4.78, 5) is 0. The highest BCUT2D eigenvalue weighted by Crippen LogP contribution is 2.35. The molecule has 0 saturated carbocycles. The van der Waals surface area contributed by atoms with Gasteiger partial charge in [0.15, 0.2) is 0 Å². The van der Waals surface area contributed by atoms with E-state index in [-0.39, 0.29) is 5.56 Å². The summed E-state index contributed by atoms with van der Waals surface area (Å²) >= 11 is 5.77. The summed E-state index contributed by atoms with van der Waals surface area (Å²) in [6, 6.07) is 2.84. The summed E-state index contributed by atoms with van der Waals surface area (Å²) in [5, 5.41) is 2.59. The molecule has 5 heteroatoms. The molecule has 0 amide bonds. The van der Waals surface area contributed by atoms with Crippen LogP contribution in [-0.4, -0.2) is 13.2 Å². The van der Waals surface area contributed by atoms with Crippen LogP contribution in [0.1, 0.15) is 17.2 Å². The van der Waals surface area contributed by atoms with Crippen LogP contribution >= 0.6 is 11.6 Å². The molecule has 1 unspecified atom stereocenters. The maximum atomic E-state index is 12.6. The molecule has 0 heterocycles. The molecule has 0 radical (unpaired) electrons. The van der Waals surface area contributed by atoms with Gasteiger partial charge in [-0.05, 0) is 31.2 Å². The van der Waals surface area contributed by atoms with Crippen molar-refractivity contribution in [1.82, 2.24) is 5.32 Å². The molecule has 1 N–H and O–H groups in total. The first-order chi connectivity index (χ1) is 6.88.